The van der Waals surface area contributed by atoms with Crippen LogP contribution in [0.2, 0.25) is 5.02 Å². The normalized spacial score (nSPS) is 10.2. The predicted octanol–water partition coefficient (Wildman–Crippen LogP) is 5.94. The van der Waals surface area contributed by atoms with Gasteiger partial charge < -0.3 is 10.1 Å². The van der Waals surface area contributed by atoms with Crippen molar-refractivity contribution >= 4 is 24.0 Å². The molecule has 136 valence electrons. The lowest BCUT2D eigenvalue weighted by molar-refractivity contribution is 0.302. The van der Waals surface area contributed by atoms with E-state index in [1.54, 1.807) is 0 Å². The third-order valence-corrected chi connectivity index (χ3v) is 4.45. The first-order valence-corrected chi connectivity index (χ1v) is 8.80. The molecule has 0 amide bonds. The summed E-state index contributed by atoms with van der Waals surface area (Å²) in [6.07, 6.45) is 0. The molecule has 0 aliphatic rings. The summed E-state index contributed by atoms with van der Waals surface area (Å²) < 4.78 is 6.02. The van der Waals surface area contributed by atoms with Crippen LogP contribution >= 0.6 is 24.0 Å². The van der Waals surface area contributed by atoms with Gasteiger partial charge in [-0.25, -0.2) is 0 Å². The van der Waals surface area contributed by atoms with Gasteiger partial charge in [0.25, 0.3) is 0 Å². The molecule has 0 spiro atoms. The summed E-state index contributed by atoms with van der Waals surface area (Å²) in [5, 5.41) is 4.23. The Kier molecular flexibility index (Phi) is 7.99. The van der Waals surface area contributed by atoms with Crippen molar-refractivity contribution in [3.05, 3.63) is 100 Å². The Morgan fingerprint density at radius 3 is 2.15 bits per heavy atom. The molecule has 26 heavy (non-hydrogen) atoms. The van der Waals surface area contributed by atoms with Gasteiger partial charge in [-0.05, 0) is 30.2 Å². The van der Waals surface area contributed by atoms with Crippen molar-refractivity contribution in [3.8, 4) is 5.75 Å². The summed E-state index contributed by atoms with van der Waals surface area (Å²) in [5.41, 5.74) is 4.67. The largest absolute Gasteiger partial charge is 0.489 e. The van der Waals surface area contributed by atoms with E-state index in [1.165, 1.54) is 11.1 Å². The molecule has 0 fully saturated rings. The molecule has 0 saturated heterocycles. The van der Waals surface area contributed by atoms with E-state index in [4.69, 9.17) is 16.3 Å². The highest BCUT2D eigenvalue weighted by molar-refractivity contribution is 6.31. The standard InChI is InChI=1S/C22H22ClNO.ClH/c1-17-10-12-18(13-11-17)16-25-22-9-5-3-7-20(22)15-24-14-19-6-2-4-8-21(19)23;/h2-13,24H,14-16H2,1H3;1H. The minimum absolute atomic E-state index is 0. The zero-order chi connectivity index (χ0) is 17.5. The van der Waals surface area contributed by atoms with Crippen LogP contribution in [-0.4, -0.2) is 0 Å². The third-order valence-electron chi connectivity index (χ3n) is 4.08. The molecule has 0 heterocycles. The van der Waals surface area contributed by atoms with E-state index in [9.17, 15) is 0 Å². The van der Waals surface area contributed by atoms with Crippen molar-refractivity contribution in [2.75, 3.05) is 0 Å². The average molecular weight is 388 g/mol. The summed E-state index contributed by atoms with van der Waals surface area (Å²) in [6.45, 7) is 4.12. The van der Waals surface area contributed by atoms with E-state index in [1.807, 2.05) is 42.5 Å². The van der Waals surface area contributed by atoms with Gasteiger partial charge in [0, 0.05) is 23.7 Å². The molecule has 0 radical (unpaired) electrons. The Labute approximate surface area is 166 Å². The number of para-hydroxylation sites is 1. The molecular weight excluding hydrogens is 365 g/mol. The van der Waals surface area contributed by atoms with Crippen LogP contribution in [0.5, 0.6) is 5.75 Å². The van der Waals surface area contributed by atoms with E-state index in [-0.39, 0.29) is 12.4 Å². The van der Waals surface area contributed by atoms with E-state index >= 15 is 0 Å². The molecule has 0 atom stereocenters. The third kappa shape index (κ3) is 5.77. The Bertz CT molecular complexity index is 818. The lowest BCUT2D eigenvalue weighted by Crippen LogP contribution is -2.14. The van der Waals surface area contributed by atoms with Gasteiger partial charge in [-0.1, -0.05) is 77.8 Å². The quantitative estimate of drug-likeness (QED) is 0.541. The zero-order valence-electron chi connectivity index (χ0n) is 14.7. The van der Waals surface area contributed by atoms with E-state index in [2.05, 4.69) is 42.6 Å². The number of aryl methyl sites for hydroxylation is 1. The monoisotopic (exact) mass is 387 g/mol. The number of ether oxygens (including phenoxy) is 1. The summed E-state index contributed by atoms with van der Waals surface area (Å²) in [5.74, 6) is 0.912. The summed E-state index contributed by atoms with van der Waals surface area (Å²) in [4.78, 5) is 0. The maximum Gasteiger partial charge on any atom is 0.124 e. The molecule has 0 aliphatic heterocycles. The molecule has 0 aromatic heterocycles. The maximum atomic E-state index is 6.20. The fourth-order valence-corrected chi connectivity index (χ4v) is 2.81. The van der Waals surface area contributed by atoms with Crippen molar-refractivity contribution in [1.82, 2.24) is 5.32 Å². The molecule has 3 rings (SSSR count). The number of hydrogen-bond donors (Lipinski definition) is 1. The van der Waals surface area contributed by atoms with Gasteiger partial charge in [-0.2, -0.15) is 0 Å². The smallest absolute Gasteiger partial charge is 0.124 e. The second-order valence-corrected chi connectivity index (χ2v) is 6.48. The fraction of sp³-hybridized carbons (Fsp3) is 0.182. The number of nitrogens with one attached hydrogen (secondary N) is 1. The summed E-state index contributed by atoms with van der Waals surface area (Å²) in [6, 6.07) is 24.5. The Morgan fingerprint density at radius 2 is 1.42 bits per heavy atom. The highest BCUT2D eigenvalue weighted by Crippen LogP contribution is 2.20. The van der Waals surface area contributed by atoms with E-state index in [0.717, 1.165) is 35.0 Å². The van der Waals surface area contributed by atoms with Gasteiger partial charge in [0.1, 0.15) is 12.4 Å². The first-order chi connectivity index (χ1) is 12.2. The van der Waals surface area contributed by atoms with Crippen molar-refractivity contribution in [2.45, 2.75) is 26.6 Å². The van der Waals surface area contributed by atoms with Gasteiger partial charge in [-0.3, -0.25) is 0 Å². The van der Waals surface area contributed by atoms with Gasteiger partial charge in [0.05, 0.1) is 0 Å². The molecule has 0 saturated carbocycles. The first-order valence-electron chi connectivity index (χ1n) is 8.43. The van der Waals surface area contributed by atoms with Gasteiger partial charge in [-0.15, -0.1) is 12.4 Å². The molecule has 0 aliphatic carbocycles. The van der Waals surface area contributed by atoms with Crippen molar-refractivity contribution in [2.24, 2.45) is 0 Å². The number of benzene rings is 3. The SMILES string of the molecule is Cc1ccc(COc2ccccc2CNCc2ccccc2Cl)cc1.Cl. The summed E-state index contributed by atoms with van der Waals surface area (Å²) >= 11 is 6.20. The predicted molar refractivity (Wildman–Crippen MR) is 111 cm³/mol. The van der Waals surface area contributed by atoms with Crippen LogP contribution in [0.3, 0.4) is 0 Å². The molecule has 1 N–H and O–H groups in total. The van der Waals surface area contributed by atoms with Crippen molar-refractivity contribution in [3.63, 3.8) is 0 Å². The molecule has 3 aromatic rings. The lowest BCUT2D eigenvalue weighted by Gasteiger charge is -2.13. The fourth-order valence-electron chi connectivity index (χ4n) is 2.61. The second-order valence-electron chi connectivity index (χ2n) is 6.08. The van der Waals surface area contributed by atoms with Gasteiger partial charge in [0.15, 0.2) is 0 Å². The number of halogens is 2. The molecule has 3 aromatic carbocycles. The number of hydrogen-bond acceptors (Lipinski definition) is 2. The molecule has 4 heteroatoms. The van der Waals surface area contributed by atoms with Crippen molar-refractivity contribution in [1.29, 1.82) is 0 Å². The second kappa shape index (κ2) is 10.2. The van der Waals surface area contributed by atoms with E-state index < -0.39 is 0 Å². The zero-order valence-corrected chi connectivity index (χ0v) is 16.3. The van der Waals surface area contributed by atoms with Crippen molar-refractivity contribution < 1.29 is 4.74 Å². The van der Waals surface area contributed by atoms with Crippen LogP contribution in [-0.2, 0) is 19.7 Å². The molecule has 2 nitrogen and oxygen atoms in total. The highest BCUT2D eigenvalue weighted by atomic mass is 35.5. The van der Waals surface area contributed by atoms with Gasteiger partial charge >= 0.3 is 0 Å². The minimum atomic E-state index is 0. The number of rotatable bonds is 7. The van der Waals surface area contributed by atoms with Crippen LogP contribution in [0, 0.1) is 6.92 Å². The van der Waals surface area contributed by atoms with Crippen LogP contribution < -0.4 is 10.1 Å². The average Bonchev–Trinajstić information content (AvgIpc) is 2.64. The maximum absolute atomic E-state index is 6.20. The lowest BCUT2D eigenvalue weighted by atomic mass is 10.1. The highest BCUT2D eigenvalue weighted by Gasteiger charge is 2.04. The van der Waals surface area contributed by atoms with Crippen LogP contribution in [0.4, 0.5) is 0 Å². The summed E-state index contributed by atoms with van der Waals surface area (Å²) in [7, 11) is 0. The van der Waals surface area contributed by atoms with Gasteiger partial charge in [0.2, 0.25) is 0 Å². The Morgan fingerprint density at radius 1 is 0.808 bits per heavy atom. The minimum Gasteiger partial charge on any atom is -0.489 e. The van der Waals surface area contributed by atoms with Crippen LogP contribution in [0.25, 0.3) is 0 Å². The Hall–Kier alpha value is -2.00. The molecule has 0 bridgehead atoms. The Balaban J connectivity index is 0.00000243. The molecule has 0 unspecified atom stereocenters. The molecular formula is C22H23Cl2NO. The van der Waals surface area contributed by atoms with Crippen LogP contribution in [0.15, 0.2) is 72.8 Å². The first kappa shape index (κ1) is 20.3. The van der Waals surface area contributed by atoms with E-state index in [0.29, 0.717) is 6.61 Å². The van der Waals surface area contributed by atoms with Crippen LogP contribution in [0.1, 0.15) is 22.3 Å². The topological polar surface area (TPSA) is 21.3 Å².